The average molecular weight is 357 g/mol. The molecule has 1 fully saturated rings. The number of benzene rings is 2. The van der Waals surface area contributed by atoms with E-state index in [1.54, 1.807) is 21.3 Å². The van der Waals surface area contributed by atoms with Gasteiger partial charge in [0.1, 0.15) is 5.75 Å². The standard InChI is InChI=1S/C21H27NO4/c1-24-18-7-5-4-6-16(18)11-21(14-23)13-22-12-17(21)15-8-9-19(25-2)20(10-15)26-3/h4-10,17,22-23H,11-14H2,1-3H3. The molecule has 1 saturated heterocycles. The Morgan fingerprint density at radius 1 is 1.00 bits per heavy atom. The number of aliphatic hydroxyl groups is 1. The second kappa shape index (κ2) is 7.98. The fraction of sp³-hybridized carbons (Fsp3) is 0.429. The molecule has 1 heterocycles. The van der Waals surface area contributed by atoms with Gasteiger partial charge in [0.05, 0.1) is 27.9 Å². The van der Waals surface area contributed by atoms with E-state index in [0.717, 1.165) is 36.4 Å². The fourth-order valence-corrected chi connectivity index (χ4v) is 3.98. The van der Waals surface area contributed by atoms with Gasteiger partial charge in [-0.15, -0.1) is 0 Å². The average Bonchev–Trinajstić information content (AvgIpc) is 3.11. The number of hydrogen-bond donors (Lipinski definition) is 2. The second-order valence-electron chi connectivity index (χ2n) is 6.81. The van der Waals surface area contributed by atoms with Crippen LogP contribution in [0, 0.1) is 5.41 Å². The number of rotatable bonds is 7. The third-order valence-electron chi connectivity index (χ3n) is 5.42. The Hall–Kier alpha value is -2.24. The zero-order valence-corrected chi connectivity index (χ0v) is 15.6. The minimum absolute atomic E-state index is 0.0943. The summed E-state index contributed by atoms with van der Waals surface area (Å²) in [6.45, 7) is 1.66. The Balaban J connectivity index is 1.96. The Kier molecular flexibility index (Phi) is 5.69. The van der Waals surface area contributed by atoms with Gasteiger partial charge in [0.15, 0.2) is 11.5 Å². The smallest absolute Gasteiger partial charge is 0.160 e. The predicted molar refractivity (Wildman–Crippen MR) is 101 cm³/mol. The molecular weight excluding hydrogens is 330 g/mol. The maximum Gasteiger partial charge on any atom is 0.160 e. The first-order chi connectivity index (χ1) is 12.7. The summed E-state index contributed by atoms with van der Waals surface area (Å²) in [5.41, 5.74) is 1.95. The summed E-state index contributed by atoms with van der Waals surface area (Å²) in [5.74, 6) is 2.44. The van der Waals surface area contributed by atoms with Crippen LogP contribution in [0.4, 0.5) is 0 Å². The summed E-state index contributed by atoms with van der Waals surface area (Å²) < 4.78 is 16.3. The molecule has 0 saturated carbocycles. The molecule has 0 aliphatic carbocycles. The Morgan fingerprint density at radius 3 is 2.42 bits per heavy atom. The molecule has 1 aliphatic rings. The normalized spacial score (nSPS) is 22.2. The SMILES string of the molecule is COc1ccccc1CC1(CO)CNCC1c1ccc(OC)c(OC)c1. The van der Waals surface area contributed by atoms with Gasteiger partial charge in [-0.05, 0) is 35.7 Å². The molecular formula is C21H27NO4. The first kappa shape index (κ1) is 18.5. The highest BCUT2D eigenvalue weighted by molar-refractivity contribution is 5.45. The quantitative estimate of drug-likeness (QED) is 0.798. The van der Waals surface area contributed by atoms with E-state index in [9.17, 15) is 5.11 Å². The van der Waals surface area contributed by atoms with E-state index in [0.29, 0.717) is 11.5 Å². The Labute approximate surface area is 154 Å². The summed E-state index contributed by atoms with van der Waals surface area (Å²) in [4.78, 5) is 0. The van der Waals surface area contributed by atoms with Crippen LogP contribution in [-0.4, -0.2) is 46.1 Å². The summed E-state index contributed by atoms with van der Waals surface area (Å²) >= 11 is 0. The third kappa shape index (κ3) is 3.37. The molecule has 2 N–H and O–H groups in total. The summed E-state index contributed by atoms with van der Waals surface area (Å²) in [6.07, 6.45) is 0.736. The van der Waals surface area contributed by atoms with Gasteiger partial charge >= 0.3 is 0 Å². The number of para-hydroxylation sites is 1. The molecule has 5 nitrogen and oxygen atoms in total. The lowest BCUT2D eigenvalue weighted by atomic mass is 9.71. The predicted octanol–water partition coefficient (Wildman–Crippen LogP) is 2.62. The monoisotopic (exact) mass is 357 g/mol. The van der Waals surface area contributed by atoms with E-state index < -0.39 is 0 Å². The van der Waals surface area contributed by atoms with Crippen LogP contribution < -0.4 is 19.5 Å². The van der Waals surface area contributed by atoms with Crippen molar-refractivity contribution in [3.8, 4) is 17.2 Å². The minimum atomic E-state index is -0.297. The zero-order chi connectivity index (χ0) is 18.6. The van der Waals surface area contributed by atoms with Gasteiger partial charge < -0.3 is 24.6 Å². The van der Waals surface area contributed by atoms with Crippen LogP contribution in [0.25, 0.3) is 0 Å². The number of aliphatic hydroxyl groups excluding tert-OH is 1. The largest absolute Gasteiger partial charge is 0.496 e. The summed E-state index contributed by atoms with van der Waals surface area (Å²) in [5, 5.41) is 13.8. The molecule has 2 unspecified atom stereocenters. The molecule has 0 radical (unpaired) electrons. The Morgan fingerprint density at radius 2 is 1.73 bits per heavy atom. The van der Waals surface area contributed by atoms with Crippen molar-refractivity contribution in [2.75, 3.05) is 41.0 Å². The van der Waals surface area contributed by atoms with Gasteiger partial charge in [0.25, 0.3) is 0 Å². The van der Waals surface area contributed by atoms with Crippen molar-refractivity contribution in [1.82, 2.24) is 5.32 Å². The van der Waals surface area contributed by atoms with Crippen LogP contribution in [0.15, 0.2) is 42.5 Å². The molecule has 1 aliphatic heterocycles. The number of ether oxygens (including phenoxy) is 3. The Bertz CT molecular complexity index is 749. The lowest BCUT2D eigenvalue weighted by Crippen LogP contribution is -2.35. The van der Waals surface area contributed by atoms with Crippen molar-refractivity contribution in [3.05, 3.63) is 53.6 Å². The highest BCUT2D eigenvalue weighted by Gasteiger charge is 2.44. The van der Waals surface area contributed by atoms with Crippen LogP contribution in [0.2, 0.25) is 0 Å². The topological polar surface area (TPSA) is 60.0 Å². The van der Waals surface area contributed by atoms with Crippen LogP contribution >= 0.6 is 0 Å². The highest BCUT2D eigenvalue weighted by atomic mass is 16.5. The van der Waals surface area contributed by atoms with E-state index in [1.807, 2.05) is 30.3 Å². The molecule has 5 heteroatoms. The van der Waals surface area contributed by atoms with Crippen molar-refractivity contribution in [3.63, 3.8) is 0 Å². The van der Waals surface area contributed by atoms with E-state index >= 15 is 0 Å². The number of nitrogens with one attached hydrogen (secondary N) is 1. The van der Waals surface area contributed by atoms with Gasteiger partial charge in [0.2, 0.25) is 0 Å². The van der Waals surface area contributed by atoms with Crippen molar-refractivity contribution < 1.29 is 19.3 Å². The first-order valence-corrected chi connectivity index (χ1v) is 8.83. The van der Waals surface area contributed by atoms with Crippen LogP contribution in [0.1, 0.15) is 17.0 Å². The van der Waals surface area contributed by atoms with E-state index in [4.69, 9.17) is 14.2 Å². The van der Waals surface area contributed by atoms with E-state index in [-0.39, 0.29) is 17.9 Å². The van der Waals surface area contributed by atoms with E-state index in [1.165, 1.54) is 0 Å². The molecule has 0 spiro atoms. The molecule has 140 valence electrons. The van der Waals surface area contributed by atoms with Crippen molar-refractivity contribution in [1.29, 1.82) is 0 Å². The van der Waals surface area contributed by atoms with Crippen LogP contribution in [0.5, 0.6) is 17.2 Å². The lowest BCUT2D eigenvalue weighted by molar-refractivity contribution is 0.125. The van der Waals surface area contributed by atoms with Gasteiger partial charge in [-0.3, -0.25) is 0 Å². The molecule has 0 amide bonds. The van der Waals surface area contributed by atoms with E-state index in [2.05, 4.69) is 17.4 Å². The lowest BCUT2D eigenvalue weighted by Gasteiger charge is -2.34. The number of methoxy groups -OCH3 is 3. The molecule has 2 atom stereocenters. The highest BCUT2D eigenvalue weighted by Crippen LogP contribution is 2.44. The maximum atomic E-state index is 10.4. The van der Waals surface area contributed by atoms with Crippen molar-refractivity contribution >= 4 is 0 Å². The van der Waals surface area contributed by atoms with Crippen LogP contribution in [0.3, 0.4) is 0 Å². The molecule has 0 bridgehead atoms. The van der Waals surface area contributed by atoms with Gasteiger partial charge in [-0.1, -0.05) is 24.3 Å². The van der Waals surface area contributed by atoms with Gasteiger partial charge in [-0.2, -0.15) is 0 Å². The fourth-order valence-electron chi connectivity index (χ4n) is 3.98. The molecule has 3 rings (SSSR count). The minimum Gasteiger partial charge on any atom is -0.496 e. The molecule has 2 aromatic rings. The third-order valence-corrected chi connectivity index (χ3v) is 5.42. The first-order valence-electron chi connectivity index (χ1n) is 8.83. The summed E-state index contributed by atoms with van der Waals surface area (Å²) in [7, 11) is 4.96. The zero-order valence-electron chi connectivity index (χ0n) is 15.6. The maximum absolute atomic E-state index is 10.4. The molecule has 26 heavy (non-hydrogen) atoms. The van der Waals surface area contributed by atoms with Crippen molar-refractivity contribution in [2.45, 2.75) is 12.3 Å². The van der Waals surface area contributed by atoms with Crippen LogP contribution in [-0.2, 0) is 6.42 Å². The summed E-state index contributed by atoms with van der Waals surface area (Å²) in [6, 6.07) is 14.0. The number of hydrogen-bond acceptors (Lipinski definition) is 5. The van der Waals surface area contributed by atoms with Gasteiger partial charge in [-0.25, -0.2) is 0 Å². The molecule has 2 aromatic carbocycles. The van der Waals surface area contributed by atoms with Crippen molar-refractivity contribution in [2.24, 2.45) is 5.41 Å². The van der Waals surface area contributed by atoms with Gasteiger partial charge in [0, 0.05) is 24.4 Å². The molecule has 0 aromatic heterocycles. The second-order valence-corrected chi connectivity index (χ2v) is 6.81.